The van der Waals surface area contributed by atoms with E-state index in [0.717, 1.165) is 37.8 Å². The van der Waals surface area contributed by atoms with E-state index in [1.54, 1.807) is 7.11 Å². The van der Waals surface area contributed by atoms with E-state index in [2.05, 4.69) is 4.90 Å². The van der Waals surface area contributed by atoms with Crippen molar-refractivity contribution in [2.75, 3.05) is 46.6 Å². The Labute approximate surface area is 113 Å². The first-order valence-electron chi connectivity index (χ1n) is 6.53. The standard InChI is InChI=1S/C14H21NO4/c1-17-13-2-4-14(5-3-13)19-11-12(16)10-15-6-8-18-9-7-15/h2-5,12,16H,6-11H2,1H3. The molecule has 5 nitrogen and oxygen atoms in total. The van der Waals surface area contributed by atoms with Gasteiger partial charge in [-0.3, -0.25) is 4.90 Å². The third kappa shape index (κ3) is 4.70. The van der Waals surface area contributed by atoms with Crippen molar-refractivity contribution >= 4 is 0 Å². The van der Waals surface area contributed by atoms with Gasteiger partial charge in [0.15, 0.2) is 0 Å². The van der Waals surface area contributed by atoms with Crippen LogP contribution in [0.4, 0.5) is 0 Å². The number of morpholine rings is 1. The molecule has 1 aliphatic rings. The van der Waals surface area contributed by atoms with E-state index in [-0.39, 0.29) is 0 Å². The molecule has 5 heteroatoms. The fraction of sp³-hybridized carbons (Fsp3) is 0.571. The van der Waals surface area contributed by atoms with Gasteiger partial charge in [-0.15, -0.1) is 0 Å². The molecule has 1 saturated heterocycles. The SMILES string of the molecule is COc1ccc(OCC(O)CN2CCOCC2)cc1. The van der Waals surface area contributed by atoms with E-state index in [1.807, 2.05) is 24.3 Å². The Morgan fingerprint density at radius 2 is 1.84 bits per heavy atom. The summed E-state index contributed by atoms with van der Waals surface area (Å²) in [7, 11) is 1.63. The van der Waals surface area contributed by atoms with Crippen LogP contribution in [-0.2, 0) is 4.74 Å². The van der Waals surface area contributed by atoms with Crippen molar-refractivity contribution in [3.63, 3.8) is 0 Å². The monoisotopic (exact) mass is 267 g/mol. The molecule has 0 bridgehead atoms. The molecule has 0 radical (unpaired) electrons. The molecule has 1 atom stereocenters. The molecule has 19 heavy (non-hydrogen) atoms. The molecule has 0 amide bonds. The number of benzene rings is 1. The highest BCUT2D eigenvalue weighted by atomic mass is 16.5. The number of rotatable bonds is 6. The van der Waals surface area contributed by atoms with Crippen LogP contribution < -0.4 is 9.47 Å². The van der Waals surface area contributed by atoms with Crippen molar-refractivity contribution in [3.05, 3.63) is 24.3 Å². The lowest BCUT2D eigenvalue weighted by atomic mass is 10.3. The van der Waals surface area contributed by atoms with Gasteiger partial charge in [-0.1, -0.05) is 0 Å². The van der Waals surface area contributed by atoms with Crippen LogP contribution in [0.1, 0.15) is 0 Å². The average Bonchev–Trinajstić information content (AvgIpc) is 2.47. The van der Waals surface area contributed by atoms with Crippen LogP contribution in [-0.4, -0.2) is 62.7 Å². The minimum atomic E-state index is -0.486. The minimum absolute atomic E-state index is 0.295. The molecule has 1 unspecified atom stereocenters. The summed E-state index contributed by atoms with van der Waals surface area (Å²) in [5, 5.41) is 9.93. The van der Waals surface area contributed by atoms with E-state index < -0.39 is 6.10 Å². The highest BCUT2D eigenvalue weighted by molar-refractivity contribution is 5.31. The number of β-amino-alcohol motifs (C(OH)–C–C–N with tert-alkyl or cyclic N) is 1. The van der Waals surface area contributed by atoms with Crippen LogP contribution in [0.3, 0.4) is 0 Å². The summed E-state index contributed by atoms with van der Waals surface area (Å²) in [6.45, 7) is 4.15. The van der Waals surface area contributed by atoms with Gasteiger partial charge in [0.1, 0.15) is 24.2 Å². The van der Waals surface area contributed by atoms with Crippen LogP contribution in [0.5, 0.6) is 11.5 Å². The summed E-state index contributed by atoms with van der Waals surface area (Å²) in [5.74, 6) is 1.53. The van der Waals surface area contributed by atoms with Gasteiger partial charge in [-0.25, -0.2) is 0 Å². The van der Waals surface area contributed by atoms with Crippen molar-refractivity contribution < 1.29 is 19.3 Å². The van der Waals surface area contributed by atoms with Crippen molar-refractivity contribution in [1.82, 2.24) is 4.90 Å². The molecule has 106 valence electrons. The number of aliphatic hydroxyl groups is 1. The van der Waals surface area contributed by atoms with Crippen LogP contribution in [0.25, 0.3) is 0 Å². The molecular formula is C14H21NO4. The first-order valence-corrected chi connectivity index (χ1v) is 6.53. The van der Waals surface area contributed by atoms with E-state index in [0.29, 0.717) is 13.2 Å². The number of nitrogens with zero attached hydrogens (tertiary/aromatic N) is 1. The van der Waals surface area contributed by atoms with Crippen LogP contribution in [0.2, 0.25) is 0 Å². The second-order valence-corrected chi connectivity index (χ2v) is 4.55. The van der Waals surface area contributed by atoms with Crippen LogP contribution in [0, 0.1) is 0 Å². The Morgan fingerprint density at radius 1 is 1.21 bits per heavy atom. The average molecular weight is 267 g/mol. The second-order valence-electron chi connectivity index (χ2n) is 4.55. The Balaban J connectivity index is 1.71. The van der Waals surface area contributed by atoms with E-state index in [4.69, 9.17) is 14.2 Å². The first-order chi connectivity index (χ1) is 9.28. The lowest BCUT2D eigenvalue weighted by Gasteiger charge is -2.28. The van der Waals surface area contributed by atoms with Gasteiger partial charge < -0.3 is 19.3 Å². The fourth-order valence-electron chi connectivity index (χ4n) is 2.00. The molecule has 2 rings (SSSR count). The van der Waals surface area contributed by atoms with Gasteiger partial charge in [0, 0.05) is 19.6 Å². The van der Waals surface area contributed by atoms with Crippen molar-refractivity contribution in [2.45, 2.75) is 6.10 Å². The quantitative estimate of drug-likeness (QED) is 0.825. The zero-order valence-corrected chi connectivity index (χ0v) is 11.2. The molecular weight excluding hydrogens is 246 g/mol. The smallest absolute Gasteiger partial charge is 0.119 e. The Morgan fingerprint density at radius 3 is 2.47 bits per heavy atom. The summed E-state index contributed by atoms with van der Waals surface area (Å²) in [6, 6.07) is 7.34. The number of ether oxygens (including phenoxy) is 3. The molecule has 1 fully saturated rings. The summed E-state index contributed by atoms with van der Waals surface area (Å²) in [4.78, 5) is 2.19. The number of methoxy groups -OCH3 is 1. The van der Waals surface area contributed by atoms with Crippen molar-refractivity contribution in [2.24, 2.45) is 0 Å². The zero-order chi connectivity index (χ0) is 13.5. The largest absolute Gasteiger partial charge is 0.497 e. The maximum absolute atomic E-state index is 9.93. The maximum atomic E-state index is 9.93. The van der Waals surface area contributed by atoms with Crippen molar-refractivity contribution in [3.8, 4) is 11.5 Å². The number of hydrogen-bond donors (Lipinski definition) is 1. The Kier molecular flexibility index (Phi) is 5.44. The van der Waals surface area contributed by atoms with Gasteiger partial charge in [0.05, 0.1) is 20.3 Å². The summed E-state index contributed by atoms with van der Waals surface area (Å²) in [5.41, 5.74) is 0. The predicted octanol–water partition coefficient (Wildman–Crippen LogP) is 0.767. The van der Waals surface area contributed by atoms with Gasteiger partial charge >= 0.3 is 0 Å². The van der Waals surface area contributed by atoms with Gasteiger partial charge in [0.25, 0.3) is 0 Å². The molecule has 1 aromatic rings. The van der Waals surface area contributed by atoms with Gasteiger partial charge in [-0.2, -0.15) is 0 Å². The molecule has 0 spiro atoms. The van der Waals surface area contributed by atoms with Gasteiger partial charge in [0.2, 0.25) is 0 Å². The first kappa shape index (κ1) is 14.1. The molecule has 1 aliphatic heterocycles. The molecule has 0 saturated carbocycles. The summed E-state index contributed by atoms with van der Waals surface area (Å²) >= 11 is 0. The lowest BCUT2D eigenvalue weighted by Crippen LogP contribution is -2.42. The Bertz CT molecular complexity index is 362. The molecule has 1 heterocycles. The second kappa shape index (κ2) is 7.33. The third-order valence-electron chi connectivity index (χ3n) is 3.07. The maximum Gasteiger partial charge on any atom is 0.119 e. The normalized spacial score (nSPS) is 18.0. The fourth-order valence-corrected chi connectivity index (χ4v) is 2.00. The molecule has 0 aliphatic carbocycles. The minimum Gasteiger partial charge on any atom is -0.497 e. The molecule has 1 N–H and O–H groups in total. The molecule has 1 aromatic carbocycles. The van der Waals surface area contributed by atoms with Gasteiger partial charge in [-0.05, 0) is 24.3 Å². The summed E-state index contributed by atoms with van der Waals surface area (Å²) in [6.07, 6.45) is -0.486. The Hall–Kier alpha value is -1.30. The zero-order valence-electron chi connectivity index (χ0n) is 11.2. The van der Waals surface area contributed by atoms with E-state index in [1.165, 1.54) is 0 Å². The summed E-state index contributed by atoms with van der Waals surface area (Å²) < 4.78 is 15.9. The topological polar surface area (TPSA) is 51.2 Å². The highest BCUT2D eigenvalue weighted by Gasteiger charge is 2.15. The third-order valence-corrected chi connectivity index (χ3v) is 3.07. The molecule has 0 aromatic heterocycles. The number of aliphatic hydroxyl groups excluding tert-OH is 1. The van der Waals surface area contributed by atoms with Crippen LogP contribution in [0.15, 0.2) is 24.3 Å². The van der Waals surface area contributed by atoms with Crippen LogP contribution >= 0.6 is 0 Å². The van der Waals surface area contributed by atoms with E-state index >= 15 is 0 Å². The number of hydrogen-bond acceptors (Lipinski definition) is 5. The van der Waals surface area contributed by atoms with Crippen molar-refractivity contribution in [1.29, 1.82) is 0 Å². The predicted molar refractivity (Wildman–Crippen MR) is 71.8 cm³/mol. The van der Waals surface area contributed by atoms with E-state index in [9.17, 15) is 5.11 Å². The highest BCUT2D eigenvalue weighted by Crippen LogP contribution is 2.17. The lowest BCUT2D eigenvalue weighted by molar-refractivity contribution is 0.00465.